The van der Waals surface area contributed by atoms with Crippen LogP contribution < -0.4 is 5.32 Å². The lowest BCUT2D eigenvalue weighted by atomic mass is 9.91. The molecule has 16 heteroatoms. The second kappa shape index (κ2) is 13.9. The molecule has 216 valence electrons. The normalized spacial score (nSPS) is 20.9. The van der Waals surface area contributed by atoms with Crippen molar-refractivity contribution in [2.45, 2.75) is 50.5 Å². The molecule has 0 radical (unpaired) electrons. The van der Waals surface area contributed by atoms with Crippen LogP contribution in [0.1, 0.15) is 24.3 Å². The van der Waals surface area contributed by atoms with Crippen LogP contribution in [0.15, 0.2) is 47.2 Å². The molecule has 0 unspecified atom stereocenters. The Morgan fingerprint density at radius 3 is 2.18 bits per heavy atom. The number of rotatable bonds is 5. The number of hydrogen-bond donors (Lipinski definition) is 3. The van der Waals surface area contributed by atoms with E-state index in [4.69, 9.17) is 29.0 Å². The van der Waals surface area contributed by atoms with Crippen LogP contribution in [0, 0.1) is 5.92 Å². The number of furan rings is 1. The molecule has 2 saturated heterocycles. The molecule has 3 atom stereocenters. The van der Waals surface area contributed by atoms with E-state index in [1.807, 2.05) is 30.3 Å². The van der Waals surface area contributed by atoms with Crippen molar-refractivity contribution in [1.82, 2.24) is 15.2 Å². The van der Waals surface area contributed by atoms with Crippen LogP contribution in [-0.4, -0.2) is 75.6 Å². The standard InChI is InChI=1S/C19H23N3O3.2C2HF3O2/c23-19(21-11-15-4-1-2-7-20-15)17-10-14-6-8-22(13-18(14)25-17)12-16-5-3-9-24-16;2*3-2(4,5)1(6)7/h1-5,7,9,14,17-18H,6,8,10-13H2,(H,21,23);2*(H,6,7)/t14-,17-,18-;;/m0../s1. The summed E-state index contributed by atoms with van der Waals surface area (Å²) in [6.45, 7) is 3.12. The average molecular weight is 569 g/mol. The number of alkyl halides is 6. The van der Waals surface area contributed by atoms with Crippen molar-refractivity contribution in [2.24, 2.45) is 5.92 Å². The van der Waals surface area contributed by atoms with E-state index in [0.29, 0.717) is 12.5 Å². The molecule has 10 nitrogen and oxygen atoms in total. The van der Waals surface area contributed by atoms with E-state index < -0.39 is 24.3 Å². The summed E-state index contributed by atoms with van der Waals surface area (Å²) in [5.41, 5.74) is 0.857. The Hall–Kier alpha value is -3.66. The van der Waals surface area contributed by atoms with Crippen LogP contribution >= 0.6 is 0 Å². The second-order valence-corrected chi connectivity index (χ2v) is 8.41. The summed E-state index contributed by atoms with van der Waals surface area (Å²) in [5.74, 6) is -4.10. The molecule has 39 heavy (non-hydrogen) atoms. The third kappa shape index (κ3) is 10.9. The number of nitrogens with one attached hydrogen (secondary N) is 1. The molecule has 2 aromatic rings. The molecule has 0 saturated carbocycles. The summed E-state index contributed by atoms with van der Waals surface area (Å²) in [6.07, 6.45) is -5.06. The summed E-state index contributed by atoms with van der Waals surface area (Å²) in [6, 6.07) is 9.60. The maximum absolute atomic E-state index is 12.4. The highest BCUT2D eigenvalue weighted by Crippen LogP contribution is 2.33. The number of carbonyl (C=O) groups excluding carboxylic acids is 1. The largest absolute Gasteiger partial charge is 0.490 e. The fourth-order valence-electron chi connectivity index (χ4n) is 3.72. The summed E-state index contributed by atoms with van der Waals surface area (Å²) in [4.78, 5) is 36.8. The van der Waals surface area contributed by atoms with Gasteiger partial charge in [-0.3, -0.25) is 14.7 Å². The number of carboxylic acid groups (broad SMARTS) is 2. The third-order valence-electron chi connectivity index (χ3n) is 5.54. The predicted molar refractivity (Wildman–Crippen MR) is 119 cm³/mol. The van der Waals surface area contributed by atoms with Crippen LogP contribution in [0.3, 0.4) is 0 Å². The highest BCUT2D eigenvalue weighted by Gasteiger charge is 2.42. The maximum atomic E-state index is 12.4. The van der Waals surface area contributed by atoms with Crippen LogP contribution in [0.2, 0.25) is 0 Å². The molecule has 3 N–H and O–H groups in total. The third-order valence-corrected chi connectivity index (χ3v) is 5.54. The first-order valence-corrected chi connectivity index (χ1v) is 11.3. The smallest absolute Gasteiger partial charge is 0.475 e. The molecule has 2 aliphatic heterocycles. The van der Waals surface area contributed by atoms with Gasteiger partial charge in [-0.05, 0) is 49.6 Å². The fourth-order valence-corrected chi connectivity index (χ4v) is 3.72. The van der Waals surface area contributed by atoms with Gasteiger partial charge in [-0.15, -0.1) is 0 Å². The zero-order valence-corrected chi connectivity index (χ0v) is 20.1. The SMILES string of the molecule is O=C(NCc1ccccn1)[C@@H]1C[C@@H]2CCN(Cc3ccco3)C[C@@H]2O1.O=C(O)C(F)(F)F.O=C(O)C(F)(F)F. The zero-order valence-electron chi connectivity index (χ0n) is 20.1. The van der Waals surface area contributed by atoms with Crippen LogP contribution in [0.25, 0.3) is 0 Å². The van der Waals surface area contributed by atoms with Gasteiger partial charge in [0.15, 0.2) is 0 Å². The number of nitrogens with zero attached hydrogens (tertiary/aromatic N) is 2. The van der Waals surface area contributed by atoms with Gasteiger partial charge >= 0.3 is 24.3 Å². The van der Waals surface area contributed by atoms with E-state index in [1.54, 1.807) is 12.5 Å². The number of fused-ring (bicyclic) bond motifs is 1. The van der Waals surface area contributed by atoms with Crippen LogP contribution in [0.4, 0.5) is 26.3 Å². The van der Waals surface area contributed by atoms with E-state index in [-0.39, 0.29) is 18.1 Å². The van der Waals surface area contributed by atoms with Crippen molar-refractivity contribution >= 4 is 17.8 Å². The Morgan fingerprint density at radius 1 is 1.03 bits per heavy atom. The lowest BCUT2D eigenvalue weighted by molar-refractivity contribution is -0.193. The number of halogens is 6. The minimum Gasteiger partial charge on any atom is -0.475 e. The van der Waals surface area contributed by atoms with E-state index in [0.717, 1.165) is 43.9 Å². The van der Waals surface area contributed by atoms with Gasteiger partial charge in [0.1, 0.15) is 11.9 Å². The molecule has 4 heterocycles. The summed E-state index contributed by atoms with van der Waals surface area (Å²) < 4.78 is 75.0. The van der Waals surface area contributed by atoms with Gasteiger partial charge in [-0.1, -0.05) is 6.07 Å². The Labute approximate surface area is 217 Å². The predicted octanol–water partition coefficient (Wildman–Crippen LogP) is 3.24. The van der Waals surface area contributed by atoms with E-state index in [1.165, 1.54) is 0 Å². The summed E-state index contributed by atoms with van der Waals surface area (Å²) in [5, 5.41) is 17.2. The zero-order chi connectivity index (χ0) is 29.2. The van der Waals surface area contributed by atoms with Crippen LogP contribution in [-0.2, 0) is 32.2 Å². The lowest BCUT2D eigenvalue weighted by Gasteiger charge is -2.33. The number of pyridine rings is 1. The van der Waals surface area contributed by atoms with Crippen molar-refractivity contribution in [3.63, 3.8) is 0 Å². The molecule has 2 aromatic heterocycles. The number of likely N-dealkylation sites (tertiary alicyclic amines) is 1. The van der Waals surface area contributed by atoms with Gasteiger partial charge in [-0.25, -0.2) is 9.59 Å². The molecule has 2 fully saturated rings. The van der Waals surface area contributed by atoms with Crippen molar-refractivity contribution < 1.29 is 60.1 Å². The maximum Gasteiger partial charge on any atom is 0.490 e. The van der Waals surface area contributed by atoms with Crippen LogP contribution in [0.5, 0.6) is 0 Å². The topological polar surface area (TPSA) is 142 Å². The molecular weight excluding hydrogens is 544 g/mol. The monoisotopic (exact) mass is 569 g/mol. The van der Waals surface area contributed by atoms with Gasteiger partial charge < -0.3 is 24.7 Å². The van der Waals surface area contributed by atoms with Crippen molar-refractivity contribution in [3.05, 3.63) is 54.2 Å². The van der Waals surface area contributed by atoms with Gasteiger partial charge in [-0.2, -0.15) is 26.3 Å². The minimum absolute atomic E-state index is 0.0300. The first-order valence-electron chi connectivity index (χ1n) is 11.3. The fraction of sp³-hybridized carbons (Fsp3) is 0.478. The van der Waals surface area contributed by atoms with Crippen molar-refractivity contribution in [2.75, 3.05) is 13.1 Å². The number of carboxylic acids is 2. The Kier molecular flexibility index (Phi) is 11.3. The lowest BCUT2D eigenvalue weighted by Crippen LogP contribution is -2.42. The summed E-state index contributed by atoms with van der Waals surface area (Å²) >= 11 is 0. The number of aliphatic carboxylic acids is 2. The number of amides is 1. The van der Waals surface area contributed by atoms with Gasteiger partial charge in [0, 0.05) is 12.7 Å². The van der Waals surface area contributed by atoms with E-state index >= 15 is 0 Å². The molecule has 0 aliphatic carbocycles. The summed E-state index contributed by atoms with van der Waals surface area (Å²) in [7, 11) is 0. The average Bonchev–Trinajstić information content (AvgIpc) is 3.52. The Morgan fingerprint density at radius 2 is 1.67 bits per heavy atom. The number of ether oxygens (including phenoxy) is 1. The highest BCUT2D eigenvalue weighted by molar-refractivity contribution is 5.81. The minimum atomic E-state index is -5.08. The molecular formula is C23H25F6N3O7. The van der Waals surface area contributed by atoms with E-state index in [9.17, 15) is 31.1 Å². The number of hydrogen-bond acceptors (Lipinski definition) is 7. The molecule has 1 amide bonds. The van der Waals surface area contributed by atoms with Gasteiger partial charge in [0.25, 0.3) is 0 Å². The highest BCUT2D eigenvalue weighted by atomic mass is 19.4. The molecule has 0 aromatic carbocycles. The van der Waals surface area contributed by atoms with Gasteiger partial charge in [0.05, 0.1) is 31.2 Å². The van der Waals surface area contributed by atoms with E-state index in [2.05, 4.69) is 15.2 Å². The molecule has 4 rings (SSSR count). The van der Waals surface area contributed by atoms with Crippen molar-refractivity contribution in [3.8, 4) is 0 Å². The van der Waals surface area contributed by atoms with Crippen molar-refractivity contribution in [1.29, 1.82) is 0 Å². The number of carbonyl (C=O) groups is 3. The Bertz CT molecular complexity index is 1040. The first-order chi connectivity index (χ1) is 18.2. The molecule has 0 bridgehead atoms. The quantitative estimate of drug-likeness (QED) is 0.463. The second-order valence-electron chi connectivity index (χ2n) is 8.41. The van der Waals surface area contributed by atoms with Gasteiger partial charge in [0.2, 0.25) is 5.91 Å². The number of piperidine rings is 1. The Balaban J connectivity index is 0.000000317. The molecule has 0 spiro atoms. The number of aromatic nitrogens is 1. The first kappa shape index (κ1) is 31.6. The molecule has 2 aliphatic rings.